The van der Waals surface area contributed by atoms with E-state index < -0.39 is 5.60 Å². The summed E-state index contributed by atoms with van der Waals surface area (Å²) >= 11 is 12.3. The topological polar surface area (TPSA) is 32.8 Å². The van der Waals surface area contributed by atoms with Crippen molar-refractivity contribution in [3.8, 4) is 0 Å². The minimum Gasteiger partial charge on any atom is -0.444 e. The van der Waals surface area contributed by atoms with Gasteiger partial charge in [-0.3, -0.25) is 0 Å². The van der Waals surface area contributed by atoms with Gasteiger partial charge in [-0.05, 0) is 71.4 Å². The molecule has 1 fully saturated rings. The maximum Gasteiger partial charge on any atom is 0.410 e. The molecule has 1 aliphatic rings. The van der Waals surface area contributed by atoms with Crippen molar-refractivity contribution in [3.63, 3.8) is 0 Å². The predicted molar refractivity (Wildman–Crippen MR) is 104 cm³/mol. The van der Waals surface area contributed by atoms with E-state index in [4.69, 9.17) is 27.9 Å². The number of hydrogen-bond donors (Lipinski definition) is 0. The number of ether oxygens (including phenoxy) is 1. The molecule has 140 valence electrons. The zero-order chi connectivity index (χ0) is 18.8. The highest BCUT2D eigenvalue weighted by Crippen LogP contribution is 2.37. The van der Waals surface area contributed by atoms with Crippen molar-refractivity contribution in [3.05, 3.63) is 33.8 Å². The Hall–Kier alpha value is -0.970. The van der Waals surface area contributed by atoms with Gasteiger partial charge in [-0.2, -0.15) is 0 Å². The smallest absolute Gasteiger partial charge is 0.410 e. The van der Waals surface area contributed by atoms with Crippen molar-refractivity contribution in [1.82, 2.24) is 9.80 Å². The number of hydrogen-bond acceptors (Lipinski definition) is 3. The van der Waals surface area contributed by atoms with Crippen LogP contribution in [0.15, 0.2) is 18.2 Å². The second kappa shape index (κ2) is 8.15. The van der Waals surface area contributed by atoms with Gasteiger partial charge in [-0.15, -0.1) is 0 Å². The maximum absolute atomic E-state index is 12.5. The first-order chi connectivity index (χ1) is 11.6. The van der Waals surface area contributed by atoms with Crippen LogP contribution in [0.25, 0.3) is 0 Å². The van der Waals surface area contributed by atoms with E-state index >= 15 is 0 Å². The van der Waals surface area contributed by atoms with Gasteiger partial charge in [0.25, 0.3) is 0 Å². The fraction of sp³-hybridized carbons (Fsp3) is 0.632. The van der Waals surface area contributed by atoms with Crippen molar-refractivity contribution >= 4 is 29.3 Å². The molecule has 0 N–H and O–H groups in total. The van der Waals surface area contributed by atoms with Crippen LogP contribution in [-0.2, 0) is 4.74 Å². The number of likely N-dealkylation sites (tertiary alicyclic amines) is 1. The van der Waals surface area contributed by atoms with Gasteiger partial charge in [-0.25, -0.2) is 4.79 Å². The van der Waals surface area contributed by atoms with E-state index in [1.54, 1.807) is 0 Å². The molecule has 1 heterocycles. The Morgan fingerprint density at radius 3 is 2.48 bits per heavy atom. The molecule has 1 aliphatic heterocycles. The van der Waals surface area contributed by atoms with Gasteiger partial charge in [0.2, 0.25) is 0 Å². The Morgan fingerprint density at radius 1 is 1.24 bits per heavy atom. The van der Waals surface area contributed by atoms with Crippen molar-refractivity contribution < 1.29 is 9.53 Å². The molecule has 4 nitrogen and oxygen atoms in total. The van der Waals surface area contributed by atoms with Crippen LogP contribution in [0, 0.1) is 5.92 Å². The maximum atomic E-state index is 12.5. The predicted octanol–water partition coefficient (Wildman–Crippen LogP) is 4.90. The van der Waals surface area contributed by atoms with E-state index in [0.29, 0.717) is 29.1 Å². The van der Waals surface area contributed by atoms with Crippen LogP contribution in [0.4, 0.5) is 4.79 Å². The summed E-state index contributed by atoms with van der Waals surface area (Å²) in [6.07, 6.45) is 0.766. The standard InChI is InChI=1S/C19H28Cl2N2O2/c1-19(2,3)25-18(24)23-11-14(8-9-22(4)5)15(12-23)13-6-7-16(20)17(21)10-13/h6-7,10,14-15H,8-9,11-12H2,1-5H3. The molecule has 2 rings (SSSR count). The third-order valence-electron chi connectivity index (χ3n) is 4.41. The second-order valence-corrected chi connectivity index (χ2v) is 8.83. The zero-order valence-corrected chi connectivity index (χ0v) is 17.2. The SMILES string of the molecule is CN(C)CCC1CN(C(=O)OC(C)(C)C)CC1c1ccc(Cl)c(Cl)c1. The number of benzene rings is 1. The normalized spacial score (nSPS) is 21.0. The lowest BCUT2D eigenvalue weighted by Gasteiger charge is -2.24. The Bertz CT molecular complexity index is 614. The van der Waals surface area contributed by atoms with Crippen molar-refractivity contribution in [2.24, 2.45) is 5.92 Å². The Balaban J connectivity index is 2.18. The summed E-state index contributed by atoms with van der Waals surface area (Å²) in [7, 11) is 4.13. The first kappa shape index (κ1) is 20.3. The Labute approximate surface area is 161 Å². The van der Waals surface area contributed by atoms with Gasteiger partial charge >= 0.3 is 6.09 Å². The highest BCUT2D eigenvalue weighted by atomic mass is 35.5. The molecule has 0 saturated carbocycles. The molecule has 1 aromatic carbocycles. The molecule has 6 heteroatoms. The molecule has 1 saturated heterocycles. The lowest BCUT2D eigenvalue weighted by atomic mass is 9.87. The minimum atomic E-state index is -0.488. The van der Waals surface area contributed by atoms with Crippen molar-refractivity contribution in [2.45, 2.75) is 38.7 Å². The third-order valence-corrected chi connectivity index (χ3v) is 5.15. The van der Waals surface area contributed by atoms with Gasteiger partial charge in [0, 0.05) is 19.0 Å². The second-order valence-electron chi connectivity index (χ2n) is 8.02. The zero-order valence-electron chi connectivity index (χ0n) is 15.7. The number of amides is 1. The van der Waals surface area contributed by atoms with E-state index in [0.717, 1.165) is 18.5 Å². The van der Waals surface area contributed by atoms with Gasteiger partial charge in [-0.1, -0.05) is 29.3 Å². The summed E-state index contributed by atoms with van der Waals surface area (Å²) in [6.45, 7) is 7.99. The molecule has 0 aliphatic carbocycles. The van der Waals surface area contributed by atoms with E-state index in [-0.39, 0.29) is 12.0 Å². The number of rotatable bonds is 4. The molecule has 1 amide bonds. The summed E-state index contributed by atoms with van der Waals surface area (Å²) in [5.41, 5.74) is 0.641. The molecular formula is C19H28Cl2N2O2. The van der Waals surface area contributed by atoms with Crippen LogP contribution >= 0.6 is 23.2 Å². The largest absolute Gasteiger partial charge is 0.444 e. The average Bonchev–Trinajstić information content (AvgIpc) is 2.90. The van der Waals surface area contributed by atoms with Crippen LogP contribution in [0.2, 0.25) is 10.0 Å². The lowest BCUT2D eigenvalue weighted by molar-refractivity contribution is 0.0286. The Kier molecular flexibility index (Phi) is 6.63. The highest BCUT2D eigenvalue weighted by Gasteiger charge is 2.37. The van der Waals surface area contributed by atoms with Gasteiger partial charge in [0.15, 0.2) is 0 Å². The molecule has 0 spiro atoms. The van der Waals surface area contributed by atoms with E-state index in [2.05, 4.69) is 19.0 Å². The molecule has 2 unspecified atom stereocenters. The summed E-state index contributed by atoms with van der Waals surface area (Å²) in [5, 5.41) is 1.11. The first-order valence-corrected chi connectivity index (χ1v) is 9.40. The van der Waals surface area contributed by atoms with Crippen LogP contribution in [0.3, 0.4) is 0 Å². The summed E-state index contributed by atoms with van der Waals surface area (Å²) in [6, 6.07) is 5.77. The number of nitrogens with zero attached hydrogens (tertiary/aromatic N) is 2. The van der Waals surface area contributed by atoms with Crippen LogP contribution in [-0.4, -0.2) is 55.2 Å². The fourth-order valence-corrected chi connectivity index (χ4v) is 3.49. The molecule has 25 heavy (non-hydrogen) atoms. The van der Waals surface area contributed by atoms with Crippen LogP contribution < -0.4 is 0 Å². The monoisotopic (exact) mass is 386 g/mol. The van der Waals surface area contributed by atoms with E-state index in [9.17, 15) is 4.79 Å². The Morgan fingerprint density at radius 2 is 1.92 bits per heavy atom. The van der Waals surface area contributed by atoms with Crippen LogP contribution in [0.1, 0.15) is 38.7 Å². The van der Waals surface area contributed by atoms with Gasteiger partial charge in [0.1, 0.15) is 5.60 Å². The van der Waals surface area contributed by atoms with E-state index in [1.165, 1.54) is 0 Å². The molecular weight excluding hydrogens is 359 g/mol. The van der Waals surface area contributed by atoms with E-state index in [1.807, 2.05) is 43.9 Å². The number of carbonyl (C=O) groups excluding carboxylic acids is 1. The fourth-order valence-electron chi connectivity index (χ4n) is 3.18. The first-order valence-electron chi connectivity index (χ1n) is 8.64. The lowest BCUT2D eigenvalue weighted by Crippen LogP contribution is -2.35. The van der Waals surface area contributed by atoms with Crippen molar-refractivity contribution in [2.75, 3.05) is 33.7 Å². The third kappa shape index (κ3) is 5.77. The van der Waals surface area contributed by atoms with Gasteiger partial charge < -0.3 is 14.5 Å². The molecule has 0 aromatic heterocycles. The summed E-state index contributed by atoms with van der Waals surface area (Å²) in [4.78, 5) is 16.5. The average molecular weight is 387 g/mol. The van der Waals surface area contributed by atoms with Gasteiger partial charge in [0.05, 0.1) is 10.0 Å². The summed E-state index contributed by atoms with van der Waals surface area (Å²) in [5.74, 6) is 0.606. The highest BCUT2D eigenvalue weighted by molar-refractivity contribution is 6.42. The molecule has 0 radical (unpaired) electrons. The number of carbonyl (C=O) groups is 1. The van der Waals surface area contributed by atoms with Crippen LogP contribution in [0.5, 0.6) is 0 Å². The molecule has 2 atom stereocenters. The number of halogens is 2. The molecule has 1 aromatic rings. The quantitative estimate of drug-likeness (QED) is 0.737. The molecule has 0 bridgehead atoms. The minimum absolute atomic E-state index is 0.238. The van der Waals surface area contributed by atoms with Crippen molar-refractivity contribution in [1.29, 1.82) is 0 Å². The summed E-state index contributed by atoms with van der Waals surface area (Å²) < 4.78 is 5.55.